The highest BCUT2D eigenvalue weighted by Crippen LogP contribution is 2.21. The summed E-state index contributed by atoms with van der Waals surface area (Å²) in [6.07, 6.45) is 6.36. The van der Waals surface area contributed by atoms with Gasteiger partial charge >= 0.3 is 0 Å². The van der Waals surface area contributed by atoms with Gasteiger partial charge in [-0.2, -0.15) is 4.31 Å². The van der Waals surface area contributed by atoms with Crippen molar-refractivity contribution in [3.63, 3.8) is 0 Å². The quantitative estimate of drug-likeness (QED) is 0.819. The van der Waals surface area contributed by atoms with Gasteiger partial charge in [-0.1, -0.05) is 18.6 Å². The van der Waals surface area contributed by atoms with Crippen molar-refractivity contribution in [1.29, 1.82) is 0 Å². The second-order valence-corrected chi connectivity index (χ2v) is 8.63. The molecule has 132 valence electrons. The van der Waals surface area contributed by atoms with Crippen LogP contribution in [0.25, 0.3) is 0 Å². The molecule has 2 aliphatic rings. The zero-order chi connectivity index (χ0) is 17.0. The van der Waals surface area contributed by atoms with Gasteiger partial charge in [-0.05, 0) is 49.8 Å². The van der Waals surface area contributed by atoms with E-state index in [0.717, 1.165) is 50.8 Å². The number of aryl methyl sites for hydroxylation is 1. The molecule has 6 heteroatoms. The third-order valence-electron chi connectivity index (χ3n) is 4.96. The molecule has 1 aromatic rings. The van der Waals surface area contributed by atoms with Crippen LogP contribution in [0.1, 0.15) is 44.1 Å². The number of piperidine rings is 1. The monoisotopic (exact) mass is 350 g/mol. The van der Waals surface area contributed by atoms with E-state index in [-0.39, 0.29) is 5.91 Å². The highest BCUT2D eigenvalue weighted by molar-refractivity contribution is 7.89. The average molecular weight is 350 g/mol. The van der Waals surface area contributed by atoms with Crippen molar-refractivity contribution >= 4 is 15.9 Å². The van der Waals surface area contributed by atoms with E-state index in [1.54, 1.807) is 16.4 Å². The number of carbonyl (C=O) groups is 1. The summed E-state index contributed by atoms with van der Waals surface area (Å²) in [5.74, 6) is 0.206. The predicted octanol–water partition coefficient (Wildman–Crippen LogP) is 2.42. The fraction of sp³-hybridized carbons (Fsp3) is 0.611. The molecule has 2 saturated heterocycles. The van der Waals surface area contributed by atoms with Crippen LogP contribution < -0.4 is 0 Å². The van der Waals surface area contributed by atoms with Crippen LogP contribution in [0.4, 0.5) is 0 Å². The van der Waals surface area contributed by atoms with Crippen molar-refractivity contribution in [3.8, 4) is 0 Å². The number of sulfonamides is 1. The molecule has 3 rings (SSSR count). The lowest BCUT2D eigenvalue weighted by Gasteiger charge is -2.25. The maximum absolute atomic E-state index is 12.6. The van der Waals surface area contributed by atoms with Crippen LogP contribution in [0.2, 0.25) is 0 Å². The summed E-state index contributed by atoms with van der Waals surface area (Å²) in [7, 11) is -3.36. The second-order valence-electron chi connectivity index (χ2n) is 6.70. The molecule has 0 spiro atoms. The van der Waals surface area contributed by atoms with Crippen LogP contribution in [0.15, 0.2) is 29.2 Å². The second kappa shape index (κ2) is 7.66. The van der Waals surface area contributed by atoms with Gasteiger partial charge in [0.25, 0.3) is 0 Å². The summed E-state index contributed by atoms with van der Waals surface area (Å²) in [6, 6.07) is 7.04. The molecule has 0 atom stereocenters. The molecule has 0 unspecified atom stereocenters. The predicted molar refractivity (Wildman–Crippen MR) is 93.2 cm³/mol. The average Bonchev–Trinajstić information content (AvgIpc) is 3.15. The highest BCUT2D eigenvalue weighted by Gasteiger charge is 2.25. The largest absolute Gasteiger partial charge is 0.343 e. The van der Waals surface area contributed by atoms with E-state index < -0.39 is 10.0 Å². The number of hydrogen-bond donors (Lipinski definition) is 0. The fourth-order valence-corrected chi connectivity index (χ4v) is 4.98. The minimum absolute atomic E-state index is 0.206. The van der Waals surface area contributed by atoms with Gasteiger partial charge in [0.05, 0.1) is 4.90 Å². The first-order chi connectivity index (χ1) is 11.6. The Morgan fingerprint density at radius 3 is 2.08 bits per heavy atom. The first-order valence-electron chi connectivity index (χ1n) is 8.94. The molecule has 0 radical (unpaired) electrons. The van der Waals surface area contributed by atoms with Crippen LogP contribution in [-0.4, -0.2) is 49.7 Å². The first-order valence-corrected chi connectivity index (χ1v) is 10.4. The van der Waals surface area contributed by atoms with Gasteiger partial charge in [0.15, 0.2) is 0 Å². The lowest BCUT2D eigenvalue weighted by atomic mass is 10.1. The Morgan fingerprint density at radius 1 is 0.875 bits per heavy atom. The molecule has 0 N–H and O–H groups in total. The van der Waals surface area contributed by atoms with Crippen LogP contribution in [0.5, 0.6) is 0 Å². The summed E-state index contributed by atoms with van der Waals surface area (Å²) < 4.78 is 26.8. The Bertz CT molecular complexity index is 658. The molecular formula is C18H26N2O3S. The van der Waals surface area contributed by atoms with Gasteiger partial charge in [-0.25, -0.2) is 8.42 Å². The fourth-order valence-electron chi connectivity index (χ4n) is 3.46. The normalized spacial score (nSPS) is 19.6. The molecule has 2 heterocycles. The van der Waals surface area contributed by atoms with Crippen LogP contribution in [0, 0.1) is 0 Å². The van der Waals surface area contributed by atoms with Crippen LogP contribution >= 0.6 is 0 Å². The van der Waals surface area contributed by atoms with E-state index in [1.165, 1.54) is 0 Å². The molecule has 0 aliphatic carbocycles. The number of amides is 1. The van der Waals surface area contributed by atoms with Gasteiger partial charge in [0.2, 0.25) is 15.9 Å². The van der Waals surface area contributed by atoms with Crippen molar-refractivity contribution in [1.82, 2.24) is 9.21 Å². The zero-order valence-corrected chi connectivity index (χ0v) is 14.9. The summed E-state index contributed by atoms with van der Waals surface area (Å²) in [5.41, 5.74) is 1.01. The Kier molecular flexibility index (Phi) is 5.56. The smallest absolute Gasteiger partial charge is 0.243 e. The van der Waals surface area contributed by atoms with E-state index in [0.29, 0.717) is 30.8 Å². The number of benzene rings is 1. The number of carbonyl (C=O) groups excluding carboxylic acids is 1. The molecule has 2 aliphatic heterocycles. The maximum atomic E-state index is 12.6. The number of hydrogen-bond acceptors (Lipinski definition) is 3. The number of rotatable bonds is 5. The lowest BCUT2D eigenvalue weighted by molar-refractivity contribution is -0.130. The van der Waals surface area contributed by atoms with Gasteiger partial charge < -0.3 is 4.90 Å². The zero-order valence-electron chi connectivity index (χ0n) is 14.1. The summed E-state index contributed by atoms with van der Waals surface area (Å²) in [6.45, 7) is 3.00. The number of likely N-dealkylation sites (tertiary alicyclic amines) is 1. The molecule has 5 nitrogen and oxygen atoms in total. The first kappa shape index (κ1) is 17.4. The van der Waals surface area contributed by atoms with Gasteiger partial charge in [0, 0.05) is 32.6 Å². The van der Waals surface area contributed by atoms with Gasteiger partial charge in [-0.3, -0.25) is 4.79 Å². The lowest BCUT2D eigenvalue weighted by Crippen LogP contribution is -2.35. The van der Waals surface area contributed by atoms with Gasteiger partial charge in [-0.15, -0.1) is 0 Å². The summed E-state index contributed by atoms with van der Waals surface area (Å²) in [5, 5.41) is 0. The van der Waals surface area contributed by atoms with Crippen molar-refractivity contribution in [2.45, 2.75) is 49.8 Å². The van der Waals surface area contributed by atoms with E-state index in [1.807, 2.05) is 17.0 Å². The minimum atomic E-state index is -3.36. The summed E-state index contributed by atoms with van der Waals surface area (Å²) >= 11 is 0. The molecule has 0 bridgehead atoms. The molecule has 0 saturated carbocycles. The molecule has 2 fully saturated rings. The van der Waals surface area contributed by atoms with E-state index >= 15 is 0 Å². The Balaban J connectivity index is 1.59. The van der Waals surface area contributed by atoms with E-state index in [4.69, 9.17) is 0 Å². The van der Waals surface area contributed by atoms with Gasteiger partial charge in [0.1, 0.15) is 0 Å². The standard InChI is InChI=1S/C18H26N2O3S/c21-18(19-12-4-5-13-19)11-8-16-6-9-17(10-7-16)24(22,23)20-14-2-1-3-15-20/h6-7,9-10H,1-5,8,11-15H2. The summed E-state index contributed by atoms with van der Waals surface area (Å²) in [4.78, 5) is 14.4. The van der Waals surface area contributed by atoms with Crippen molar-refractivity contribution in [2.75, 3.05) is 26.2 Å². The highest BCUT2D eigenvalue weighted by atomic mass is 32.2. The minimum Gasteiger partial charge on any atom is -0.343 e. The molecule has 24 heavy (non-hydrogen) atoms. The SMILES string of the molecule is O=C(CCc1ccc(S(=O)(=O)N2CCCCC2)cc1)N1CCCC1. The Morgan fingerprint density at radius 2 is 1.46 bits per heavy atom. The third-order valence-corrected chi connectivity index (χ3v) is 6.88. The van der Waals surface area contributed by atoms with Crippen LogP contribution in [-0.2, 0) is 21.2 Å². The molecule has 0 aromatic heterocycles. The van der Waals surface area contributed by atoms with Crippen molar-refractivity contribution in [3.05, 3.63) is 29.8 Å². The number of nitrogens with zero attached hydrogens (tertiary/aromatic N) is 2. The Hall–Kier alpha value is -1.40. The van der Waals surface area contributed by atoms with E-state index in [2.05, 4.69) is 0 Å². The molecular weight excluding hydrogens is 324 g/mol. The Labute approximate surface area is 144 Å². The maximum Gasteiger partial charge on any atom is 0.243 e. The third kappa shape index (κ3) is 3.98. The van der Waals surface area contributed by atoms with Crippen molar-refractivity contribution in [2.24, 2.45) is 0 Å². The van der Waals surface area contributed by atoms with Crippen molar-refractivity contribution < 1.29 is 13.2 Å². The molecule has 1 aromatic carbocycles. The van der Waals surface area contributed by atoms with E-state index in [9.17, 15) is 13.2 Å². The topological polar surface area (TPSA) is 57.7 Å². The molecule has 1 amide bonds. The van der Waals surface area contributed by atoms with Crippen LogP contribution in [0.3, 0.4) is 0 Å².